The molecule has 1 amide bonds. The minimum absolute atomic E-state index is 0.0860. The highest BCUT2D eigenvalue weighted by molar-refractivity contribution is 5.92. The monoisotopic (exact) mass is 297 g/mol. The van der Waals surface area contributed by atoms with E-state index >= 15 is 0 Å². The lowest BCUT2D eigenvalue weighted by Crippen LogP contribution is -2.28. The Hall–Kier alpha value is -2.10. The summed E-state index contributed by atoms with van der Waals surface area (Å²) in [6.07, 6.45) is 2.81. The first-order valence-corrected chi connectivity index (χ1v) is 8.03. The largest absolute Gasteiger partial charge is 0.344 e. The van der Waals surface area contributed by atoms with Gasteiger partial charge in [-0.1, -0.05) is 38.1 Å². The minimum atomic E-state index is -0.0867. The SMILES string of the molecule is CCn1ccc(C(=O)N[C@@H]2C[C@H](C(C)C)c3ccccc32)n1. The molecule has 0 aliphatic heterocycles. The molecule has 4 nitrogen and oxygen atoms in total. The molecule has 0 spiro atoms. The van der Waals surface area contributed by atoms with E-state index in [4.69, 9.17) is 0 Å². The average molecular weight is 297 g/mol. The highest BCUT2D eigenvalue weighted by Crippen LogP contribution is 2.43. The first kappa shape index (κ1) is 14.8. The zero-order valence-electron chi connectivity index (χ0n) is 13.4. The molecule has 1 N–H and O–H groups in total. The van der Waals surface area contributed by atoms with Crippen LogP contribution in [0.25, 0.3) is 0 Å². The van der Waals surface area contributed by atoms with Crippen LogP contribution in [0.2, 0.25) is 0 Å². The van der Waals surface area contributed by atoms with Gasteiger partial charge in [0.2, 0.25) is 0 Å². The fourth-order valence-corrected chi connectivity index (χ4v) is 3.33. The minimum Gasteiger partial charge on any atom is -0.344 e. The van der Waals surface area contributed by atoms with Gasteiger partial charge in [0.15, 0.2) is 0 Å². The van der Waals surface area contributed by atoms with Gasteiger partial charge in [-0.05, 0) is 42.4 Å². The third kappa shape index (κ3) is 2.65. The van der Waals surface area contributed by atoms with Gasteiger partial charge in [-0.3, -0.25) is 9.48 Å². The second kappa shape index (κ2) is 5.95. The quantitative estimate of drug-likeness (QED) is 0.938. The molecule has 2 atom stereocenters. The maximum absolute atomic E-state index is 12.4. The number of nitrogens with zero attached hydrogens (tertiary/aromatic N) is 2. The first-order valence-electron chi connectivity index (χ1n) is 8.03. The van der Waals surface area contributed by atoms with E-state index in [9.17, 15) is 4.79 Å². The number of benzene rings is 1. The number of nitrogens with one attached hydrogen (secondary N) is 1. The Bertz CT molecular complexity index is 674. The Morgan fingerprint density at radius 1 is 1.32 bits per heavy atom. The second-order valence-electron chi connectivity index (χ2n) is 6.30. The molecule has 0 bridgehead atoms. The summed E-state index contributed by atoms with van der Waals surface area (Å²) in [4.78, 5) is 12.4. The fourth-order valence-electron chi connectivity index (χ4n) is 3.33. The van der Waals surface area contributed by atoms with Crippen LogP contribution in [0.15, 0.2) is 36.5 Å². The molecule has 2 aromatic rings. The lowest BCUT2D eigenvalue weighted by Gasteiger charge is -2.16. The van der Waals surface area contributed by atoms with Gasteiger partial charge < -0.3 is 5.32 Å². The number of hydrogen-bond donors (Lipinski definition) is 1. The van der Waals surface area contributed by atoms with E-state index in [2.05, 4.69) is 42.5 Å². The Balaban J connectivity index is 1.80. The number of aromatic nitrogens is 2. The van der Waals surface area contributed by atoms with Crippen molar-refractivity contribution in [3.05, 3.63) is 53.3 Å². The number of hydrogen-bond acceptors (Lipinski definition) is 2. The third-order valence-corrected chi connectivity index (χ3v) is 4.57. The van der Waals surface area contributed by atoms with Gasteiger partial charge >= 0.3 is 0 Å². The Morgan fingerprint density at radius 2 is 2.05 bits per heavy atom. The molecular formula is C18H23N3O. The van der Waals surface area contributed by atoms with E-state index in [1.165, 1.54) is 11.1 Å². The summed E-state index contributed by atoms with van der Waals surface area (Å²) in [5.41, 5.74) is 3.12. The van der Waals surface area contributed by atoms with Crippen LogP contribution < -0.4 is 5.32 Å². The lowest BCUT2D eigenvalue weighted by molar-refractivity contribution is 0.0929. The van der Waals surface area contributed by atoms with Crippen LogP contribution in [0.3, 0.4) is 0 Å². The molecule has 1 aromatic carbocycles. The van der Waals surface area contributed by atoms with E-state index < -0.39 is 0 Å². The van der Waals surface area contributed by atoms with Gasteiger partial charge in [-0.15, -0.1) is 0 Å². The van der Waals surface area contributed by atoms with Gasteiger partial charge in [0.25, 0.3) is 5.91 Å². The Morgan fingerprint density at radius 3 is 2.68 bits per heavy atom. The Kier molecular flexibility index (Phi) is 4.01. The number of carbonyl (C=O) groups excluding carboxylic acids is 1. The summed E-state index contributed by atoms with van der Waals surface area (Å²) in [7, 11) is 0. The lowest BCUT2D eigenvalue weighted by atomic mass is 9.90. The van der Waals surface area contributed by atoms with Crippen LogP contribution >= 0.6 is 0 Å². The van der Waals surface area contributed by atoms with Crippen LogP contribution in [-0.2, 0) is 6.54 Å². The summed E-state index contributed by atoms with van der Waals surface area (Å²) < 4.78 is 1.77. The van der Waals surface area contributed by atoms with E-state index in [-0.39, 0.29) is 11.9 Å². The van der Waals surface area contributed by atoms with E-state index in [0.717, 1.165) is 13.0 Å². The third-order valence-electron chi connectivity index (χ3n) is 4.57. The van der Waals surface area contributed by atoms with Gasteiger partial charge in [0, 0.05) is 12.7 Å². The van der Waals surface area contributed by atoms with Crippen molar-refractivity contribution in [2.75, 3.05) is 0 Å². The molecule has 1 aromatic heterocycles. The van der Waals surface area contributed by atoms with Crippen LogP contribution in [0.4, 0.5) is 0 Å². The van der Waals surface area contributed by atoms with E-state index in [1.54, 1.807) is 10.7 Å². The molecule has 22 heavy (non-hydrogen) atoms. The number of aryl methyl sites for hydroxylation is 1. The molecule has 4 heteroatoms. The fraction of sp³-hybridized carbons (Fsp3) is 0.444. The van der Waals surface area contributed by atoms with Gasteiger partial charge in [0.1, 0.15) is 5.69 Å². The Labute approximate surface area is 131 Å². The molecule has 0 saturated carbocycles. The second-order valence-corrected chi connectivity index (χ2v) is 6.30. The smallest absolute Gasteiger partial charge is 0.272 e. The van der Waals surface area contributed by atoms with Crippen molar-refractivity contribution in [1.29, 1.82) is 0 Å². The molecule has 1 aliphatic rings. The van der Waals surface area contributed by atoms with Crippen LogP contribution in [0, 0.1) is 5.92 Å². The molecule has 0 radical (unpaired) electrons. The number of amides is 1. The normalized spacial score (nSPS) is 20.2. The van der Waals surface area contributed by atoms with Gasteiger partial charge in [-0.25, -0.2) is 0 Å². The molecule has 3 rings (SSSR count). The van der Waals surface area contributed by atoms with Crippen LogP contribution in [0.1, 0.15) is 60.8 Å². The molecule has 116 valence electrons. The molecular weight excluding hydrogens is 274 g/mol. The summed E-state index contributed by atoms with van der Waals surface area (Å²) in [5, 5.41) is 7.44. The summed E-state index contributed by atoms with van der Waals surface area (Å²) in [5.74, 6) is 0.994. The average Bonchev–Trinajstić information content (AvgIpc) is 3.12. The van der Waals surface area contributed by atoms with Crippen molar-refractivity contribution in [2.45, 2.75) is 45.7 Å². The van der Waals surface area contributed by atoms with Crippen molar-refractivity contribution >= 4 is 5.91 Å². The molecule has 0 unspecified atom stereocenters. The first-order chi connectivity index (χ1) is 10.6. The van der Waals surface area contributed by atoms with Crippen molar-refractivity contribution in [1.82, 2.24) is 15.1 Å². The van der Waals surface area contributed by atoms with Crippen molar-refractivity contribution in [3.63, 3.8) is 0 Å². The summed E-state index contributed by atoms with van der Waals surface area (Å²) in [6.45, 7) is 7.27. The van der Waals surface area contributed by atoms with Crippen LogP contribution in [0.5, 0.6) is 0 Å². The molecule has 1 heterocycles. The van der Waals surface area contributed by atoms with Crippen molar-refractivity contribution < 1.29 is 4.79 Å². The van der Waals surface area contributed by atoms with Gasteiger partial charge in [-0.2, -0.15) is 5.10 Å². The topological polar surface area (TPSA) is 46.9 Å². The molecule has 1 aliphatic carbocycles. The standard InChI is InChI=1S/C18H23N3O/c1-4-21-10-9-16(20-21)18(22)19-17-11-15(12(2)3)13-7-5-6-8-14(13)17/h5-10,12,15,17H,4,11H2,1-3H3,(H,19,22)/t15-,17-/m1/s1. The molecule has 0 fully saturated rings. The van der Waals surface area contributed by atoms with Crippen molar-refractivity contribution in [3.8, 4) is 0 Å². The van der Waals surface area contributed by atoms with E-state index in [1.807, 2.05) is 19.2 Å². The zero-order valence-corrected chi connectivity index (χ0v) is 13.4. The van der Waals surface area contributed by atoms with Gasteiger partial charge in [0.05, 0.1) is 6.04 Å². The number of rotatable bonds is 4. The maximum atomic E-state index is 12.4. The van der Waals surface area contributed by atoms with Crippen LogP contribution in [-0.4, -0.2) is 15.7 Å². The number of carbonyl (C=O) groups is 1. The summed E-state index contributed by atoms with van der Waals surface area (Å²) >= 11 is 0. The predicted molar refractivity (Wildman–Crippen MR) is 86.7 cm³/mol. The number of fused-ring (bicyclic) bond motifs is 1. The highest BCUT2D eigenvalue weighted by Gasteiger charge is 2.33. The summed E-state index contributed by atoms with van der Waals surface area (Å²) in [6, 6.07) is 10.3. The highest BCUT2D eigenvalue weighted by atomic mass is 16.2. The predicted octanol–water partition coefficient (Wildman–Crippen LogP) is 3.52. The maximum Gasteiger partial charge on any atom is 0.272 e. The van der Waals surface area contributed by atoms with Crippen molar-refractivity contribution in [2.24, 2.45) is 5.92 Å². The zero-order chi connectivity index (χ0) is 15.7. The van der Waals surface area contributed by atoms with E-state index in [0.29, 0.717) is 17.5 Å². The molecule has 0 saturated heterocycles.